The van der Waals surface area contributed by atoms with Crippen molar-refractivity contribution < 1.29 is 42.7 Å². The Bertz CT molecular complexity index is 1060. The topological polar surface area (TPSA) is 155 Å². The van der Waals surface area contributed by atoms with Gasteiger partial charge in [0.15, 0.2) is 6.10 Å². The number of nitrogens with two attached hydrogens (primary N) is 1. The van der Waals surface area contributed by atoms with E-state index in [9.17, 15) is 24.2 Å². The maximum atomic E-state index is 12.5. The van der Waals surface area contributed by atoms with Crippen LogP contribution in [-0.2, 0) is 32.7 Å². The number of esters is 2. The number of aliphatic hydroxyl groups is 1. The smallest absolute Gasteiger partial charge is 0.462 e. The molecule has 0 aromatic rings. The zero-order chi connectivity index (χ0) is 38.4. The quantitative estimate of drug-likeness (QED) is 0.0185. The first-order chi connectivity index (χ1) is 25.2. The summed E-state index contributed by atoms with van der Waals surface area (Å²) in [6.45, 7) is 3.44. The van der Waals surface area contributed by atoms with Crippen LogP contribution in [0.3, 0.4) is 0 Å². The molecule has 4 N–H and O–H groups in total. The van der Waals surface area contributed by atoms with Crippen LogP contribution in [0.25, 0.3) is 0 Å². The van der Waals surface area contributed by atoms with Gasteiger partial charge < -0.3 is 25.2 Å². The third-order valence-electron chi connectivity index (χ3n) is 8.00. The van der Waals surface area contributed by atoms with Crippen molar-refractivity contribution in [1.82, 2.24) is 0 Å². The van der Waals surface area contributed by atoms with Crippen LogP contribution < -0.4 is 5.73 Å². The maximum Gasteiger partial charge on any atom is 0.472 e. The number of carbonyl (C=O) groups excluding carboxylic acids is 2. The number of phosphoric acid groups is 1. The number of ether oxygens (including phenoxy) is 2. The zero-order valence-electron chi connectivity index (χ0n) is 32.4. The van der Waals surface area contributed by atoms with Gasteiger partial charge in [0.05, 0.1) is 19.3 Å². The SMILES string of the molecule is CC/C=C\C/C=C\CC(O)/C=C/C=C\C/C=C\CCCC(=O)OC(COC(=O)CCCCCCCCCCCCCCC)COP(=O)(O)OCCN. The van der Waals surface area contributed by atoms with Crippen LogP contribution in [0, 0.1) is 0 Å². The third-order valence-corrected chi connectivity index (χ3v) is 8.98. The highest BCUT2D eigenvalue weighted by atomic mass is 31.2. The molecule has 0 aromatic carbocycles. The van der Waals surface area contributed by atoms with Crippen LogP contribution in [0.2, 0.25) is 0 Å². The summed E-state index contributed by atoms with van der Waals surface area (Å²) in [6, 6.07) is 0. The van der Waals surface area contributed by atoms with Gasteiger partial charge in [-0.15, -0.1) is 0 Å². The molecule has 0 saturated carbocycles. The second-order valence-electron chi connectivity index (χ2n) is 13.0. The second kappa shape index (κ2) is 37.0. The lowest BCUT2D eigenvalue weighted by Crippen LogP contribution is -2.29. The molecule has 0 radical (unpaired) electrons. The molecular formula is C41H72NO9P. The average Bonchev–Trinajstić information content (AvgIpc) is 3.12. The summed E-state index contributed by atoms with van der Waals surface area (Å²) in [4.78, 5) is 34.7. The van der Waals surface area contributed by atoms with Gasteiger partial charge in [0.1, 0.15) is 6.61 Å². The Morgan fingerprint density at radius 1 is 0.692 bits per heavy atom. The van der Waals surface area contributed by atoms with E-state index in [1.807, 2.05) is 42.5 Å². The van der Waals surface area contributed by atoms with Gasteiger partial charge in [0.25, 0.3) is 0 Å². The Morgan fingerprint density at radius 3 is 1.94 bits per heavy atom. The minimum Gasteiger partial charge on any atom is -0.462 e. The number of allylic oxidation sites excluding steroid dienone is 8. The number of aliphatic hydroxyl groups excluding tert-OH is 1. The molecule has 0 heterocycles. The molecule has 0 spiro atoms. The minimum absolute atomic E-state index is 0.0326. The molecule has 3 atom stereocenters. The van der Waals surface area contributed by atoms with Crippen molar-refractivity contribution in [3.8, 4) is 0 Å². The number of carbonyl (C=O) groups is 2. The highest BCUT2D eigenvalue weighted by molar-refractivity contribution is 7.47. The van der Waals surface area contributed by atoms with Crippen LogP contribution in [0.5, 0.6) is 0 Å². The van der Waals surface area contributed by atoms with E-state index in [2.05, 4.69) is 26.0 Å². The van der Waals surface area contributed by atoms with Crippen molar-refractivity contribution in [2.75, 3.05) is 26.4 Å². The van der Waals surface area contributed by atoms with Gasteiger partial charge >= 0.3 is 19.8 Å². The molecule has 0 aliphatic carbocycles. The number of phosphoric ester groups is 1. The molecule has 0 saturated heterocycles. The summed E-state index contributed by atoms with van der Waals surface area (Å²) in [7, 11) is -4.40. The van der Waals surface area contributed by atoms with E-state index in [1.165, 1.54) is 64.2 Å². The number of hydrogen-bond acceptors (Lipinski definition) is 9. The molecule has 0 aliphatic rings. The summed E-state index contributed by atoms with van der Waals surface area (Å²) in [5.74, 6) is -0.939. The lowest BCUT2D eigenvalue weighted by Gasteiger charge is -2.19. The average molecular weight is 754 g/mol. The Balaban J connectivity index is 4.39. The Morgan fingerprint density at radius 2 is 1.29 bits per heavy atom. The highest BCUT2D eigenvalue weighted by Gasteiger charge is 2.25. The molecule has 0 amide bonds. The van der Waals surface area contributed by atoms with Crippen LogP contribution in [0.15, 0.2) is 60.8 Å². The molecule has 0 aromatic heterocycles. The first-order valence-corrected chi connectivity index (χ1v) is 21.4. The Kier molecular flexibility index (Phi) is 35.3. The van der Waals surface area contributed by atoms with Gasteiger partial charge in [-0.2, -0.15) is 0 Å². The van der Waals surface area contributed by atoms with Crippen molar-refractivity contribution >= 4 is 19.8 Å². The maximum absolute atomic E-state index is 12.5. The van der Waals surface area contributed by atoms with E-state index in [0.717, 1.165) is 25.7 Å². The fourth-order valence-corrected chi connectivity index (χ4v) is 5.81. The van der Waals surface area contributed by atoms with Crippen LogP contribution in [0.4, 0.5) is 0 Å². The minimum atomic E-state index is -4.40. The molecule has 0 aliphatic heterocycles. The fraction of sp³-hybridized carbons (Fsp3) is 0.707. The number of hydrogen-bond donors (Lipinski definition) is 3. The zero-order valence-corrected chi connectivity index (χ0v) is 33.3. The van der Waals surface area contributed by atoms with E-state index in [1.54, 1.807) is 6.08 Å². The molecule has 300 valence electrons. The van der Waals surface area contributed by atoms with Gasteiger partial charge in [-0.05, 0) is 44.9 Å². The van der Waals surface area contributed by atoms with Gasteiger partial charge in [0.2, 0.25) is 0 Å². The molecule has 10 nitrogen and oxygen atoms in total. The molecule has 3 unspecified atom stereocenters. The van der Waals surface area contributed by atoms with E-state index < -0.39 is 38.6 Å². The first kappa shape index (κ1) is 49.7. The normalized spacial score (nSPS) is 14.6. The summed E-state index contributed by atoms with van der Waals surface area (Å²) in [5, 5.41) is 10.00. The van der Waals surface area contributed by atoms with Crippen LogP contribution >= 0.6 is 7.82 Å². The summed E-state index contributed by atoms with van der Waals surface area (Å²) >= 11 is 0. The van der Waals surface area contributed by atoms with Crippen molar-refractivity contribution in [1.29, 1.82) is 0 Å². The highest BCUT2D eigenvalue weighted by Crippen LogP contribution is 2.43. The number of rotatable bonds is 36. The number of unbranched alkanes of at least 4 members (excludes halogenated alkanes) is 13. The fourth-order valence-electron chi connectivity index (χ4n) is 5.05. The van der Waals surface area contributed by atoms with Crippen LogP contribution in [0.1, 0.15) is 149 Å². The standard InChI is InChI=1S/C41H72NO9P/c1-3-5-7-9-11-12-13-14-15-16-20-24-28-32-40(44)48-36-39(37-50-52(46,47)49-35-34-42)51-41(45)33-29-25-21-18-17-19-23-27-31-38(43)30-26-22-10-8-6-4-2/h6,8,18-19,21-23,26-27,31,38-39,43H,3-5,7,9-17,20,24-25,28-30,32-37,42H2,1-2H3,(H,46,47)/b8-6-,21-18-,23-19-,26-22-,31-27+. The molecule has 0 bridgehead atoms. The van der Waals surface area contributed by atoms with Gasteiger partial charge in [-0.1, -0.05) is 152 Å². The Hall–Kier alpha value is -2.33. The summed E-state index contributed by atoms with van der Waals surface area (Å²) in [6.07, 6.45) is 38.6. The van der Waals surface area contributed by atoms with E-state index in [0.29, 0.717) is 32.1 Å². The van der Waals surface area contributed by atoms with Gasteiger partial charge in [0, 0.05) is 19.4 Å². The lowest BCUT2D eigenvalue weighted by molar-refractivity contribution is -0.161. The van der Waals surface area contributed by atoms with Gasteiger partial charge in [-0.3, -0.25) is 18.6 Å². The van der Waals surface area contributed by atoms with Crippen molar-refractivity contribution in [3.63, 3.8) is 0 Å². The summed E-state index contributed by atoms with van der Waals surface area (Å²) in [5.41, 5.74) is 5.33. The largest absolute Gasteiger partial charge is 0.472 e. The van der Waals surface area contributed by atoms with Gasteiger partial charge in [-0.25, -0.2) is 4.57 Å². The Labute approximate surface area is 315 Å². The van der Waals surface area contributed by atoms with E-state index >= 15 is 0 Å². The van der Waals surface area contributed by atoms with Crippen molar-refractivity contribution in [2.24, 2.45) is 5.73 Å². The molecule has 0 rings (SSSR count). The van der Waals surface area contributed by atoms with Crippen LogP contribution in [-0.4, -0.2) is 60.5 Å². The van der Waals surface area contributed by atoms with E-state index in [-0.39, 0.29) is 32.6 Å². The van der Waals surface area contributed by atoms with Crippen molar-refractivity contribution in [2.45, 2.75) is 161 Å². The van der Waals surface area contributed by atoms with Crippen molar-refractivity contribution in [3.05, 3.63) is 60.8 Å². The van der Waals surface area contributed by atoms with E-state index in [4.69, 9.17) is 24.3 Å². The predicted octanol–water partition coefficient (Wildman–Crippen LogP) is 9.91. The monoisotopic (exact) mass is 753 g/mol. The lowest BCUT2D eigenvalue weighted by atomic mass is 10.0. The molecular weight excluding hydrogens is 681 g/mol. The second-order valence-corrected chi connectivity index (χ2v) is 14.4. The molecule has 11 heteroatoms. The molecule has 0 fully saturated rings. The summed E-state index contributed by atoms with van der Waals surface area (Å²) < 4.78 is 32.6. The first-order valence-electron chi connectivity index (χ1n) is 19.9. The third kappa shape index (κ3) is 36.0. The molecule has 52 heavy (non-hydrogen) atoms. The predicted molar refractivity (Wildman–Crippen MR) is 212 cm³/mol.